The number of carbonyl (C=O) groups excluding carboxylic acids is 2. The van der Waals surface area contributed by atoms with Crippen LogP contribution >= 0.6 is 11.3 Å². The number of benzene rings is 1. The molecule has 1 aromatic carbocycles. The van der Waals surface area contributed by atoms with E-state index in [-0.39, 0.29) is 11.8 Å². The van der Waals surface area contributed by atoms with Gasteiger partial charge in [0.15, 0.2) is 6.10 Å². The fourth-order valence-electron chi connectivity index (χ4n) is 3.21. The van der Waals surface area contributed by atoms with Crippen molar-refractivity contribution in [1.82, 2.24) is 9.80 Å². The average molecular weight is 342 g/mol. The van der Waals surface area contributed by atoms with E-state index in [1.54, 1.807) is 0 Å². The number of fused-ring (bicyclic) bond motifs is 1. The Morgan fingerprint density at radius 3 is 2.46 bits per heavy atom. The Bertz CT molecular complexity index is 726. The van der Waals surface area contributed by atoms with Gasteiger partial charge in [0.1, 0.15) is 5.75 Å². The topological polar surface area (TPSA) is 49.9 Å². The second kappa shape index (κ2) is 6.28. The van der Waals surface area contributed by atoms with Gasteiger partial charge in [0.05, 0.1) is 4.88 Å². The summed E-state index contributed by atoms with van der Waals surface area (Å²) < 4.78 is 5.79. The minimum atomic E-state index is -0.429. The quantitative estimate of drug-likeness (QED) is 0.839. The zero-order valence-corrected chi connectivity index (χ0v) is 14.0. The molecule has 2 aromatic rings. The van der Waals surface area contributed by atoms with E-state index < -0.39 is 6.10 Å². The van der Waals surface area contributed by atoms with Crippen LogP contribution < -0.4 is 4.74 Å². The van der Waals surface area contributed by atoms with Crippen LogP contribution in [-0.4, -0.2) is 53.9 Å². The third-order valence-corrected chi connectivity index (χ3v) is 5.39. The smallest absolute Gasteiger partial charge is 0.264 e. The van der Waals surface area contributed by atoms with E-state index in [4.69, 9.17) is 4.74 Å². The predicted molar refractivity (Wildman–Crippen MR) is 91.4 cm³/mol. The first-order valence-electron chi connectivity index (χ1n) is 8.08. The largest absolute Gasteiger partial charge is 0.480 e. The van der Waals surface area contributed by atoms with Crippen LogP contribution in [0.25, 0.3) is 0 Å². The number of nitrogens with zero attached hydrogens (tertiary/aromatic N) is 2. The summed E-state index contributed by atoms with van der Waals surface area (Å²) in [6.45, 7) is 2.27. The Kier molecular flexibility index (Phi) is 3.98. The van der Waals surface area contributed by atoms with Gasteiger partial charge in [0.2, 0.25) is 0 Å². The number of rotatable bonds is 2. The molecule has 0 radical (unpaired) electrons. The van der Waals surface area contributed by atoms with Crippen LogP contribution in [0.15, 0.2) is 41.8 Å². The fourth-order valence-corrected chi connectivity index (χ4v) is 3.90. The van der Waals surface area contributed by atoms with Gasteiger partial charge in [-0.1, -0.05) is 24.3 Å². The molecule has 1 saturated heterocycles. The van der Waals surface area contributed by atoms with Crippen LogP contribution in [0.4, 0.5) is 0 Å². The number of hydrogen-bond acceptors (Lipinski definition) is 4. The van der Waals surface area contributed by atoms with Gasteiger partial charge < -0.3 is 14.5 Å². The van der Waals surface area contributed by atoms with Gasteiger partial charge in [-0.25, -0.2) is 0 Å². The molecule has 0 unspecified atom stereocenters. The lowest BCUT2D eigenvalue weighted by molar-refractivity contribution is -0.139. The highest BCUT2D eigenvalue weighted by atomic mass is 32.1. The van der Waals surface area contributed by atoms with Crippen LogP contribution in [0.1, 0.15) is 15.2 Å². The summed E-state index contributed by atoms with van der Waals surface area (Å²) in [6, 6.07) is 11.5. The molecular weight excluding hydrogens is 324 g/mol. The Morgan fingerprint density at radius 1 is 1.00 bits per heavy atom. The number of hydrogen-bond donors (Lipinski definition) is 0. The highest BCUT2D eigenvalue weighted by Crippen LogP contribution is 2.29. The van der Waals surface area contributed by atoms with E-state index >= 15 is 0 Å². The van der Waals surface area contributed by atoms with Crippen LogP contribution in [0.3, 0.4) is 0 Å². The highest BCUT2D eigenvalue weighted by molar-refractivity contribution is 7.12. The average Bonchev–Trinajstić information content (AvgIpc) is 3.30. The van der Waals surface area contributed by atoms with Gasteiger partial charge in [0.25, 0.3) is 11.8 Å². The van der Waals surface area contributed by atoms with Crippen LogP contribution in [0.5, 0.6) is 5.75 Å². The first kappa shape index (κ1) is 15.2. The Labute approximate surface area is 144 Å². The molecule has 2 amide bonds. The second-order valence-corrected chi connectivity index (χ2v) is 6.96. The van der Waals surface area contributed by atoms with Gasteiger partial charge in [-0.2, -0.15) is 0 Å². The van der Waals surface area contributed by atoms with Gasteiger partial charge >= 0.3 is 0 Å². The SMILES string of the molecule is O=C(c1cccs1)N1CCN(C(=O)[C@@H]2Cc3ccccc3O2)CC1. The lowest BCUT2D eigenvalue weighted by atomic mass is 10.1. The summed E-state index contributed by atoms with van der Waals surface area (Å²) in [5.74, 6) is 0.887. The molecule has 0 bridgehead atoms. The van der Waals surface area contributed by atoms with Crippen LogP contribution in [-0.2, 0) is 11.2 Å². The van der Waals surface area contributed by atoms with Crippen molar-refractivity contribution in [2.24, 2.45) is 0 Å². The third-order valence-electron chi connectivity index (χ3n) is 4.53. The van der Waals surface area contributed by atoms with Crippen molar-refractivity contribution in [1.29, 1.82) is 0 Å². The number of amides is 2. The minimum absolute atomic E-state index is 0.0226. The lowest BCUT2D eigenvalue weighted by Gasteiger charge is -2.35. The first-order valence-corrected chi connectivity index (χ1v) is 8.96. The zero-order valence-electron chi connectivity index (χ0n) is 13.2. The summed E-state index contributed by atoms with van der Waals surface area (Å²) in [7, 11) is 0. The molecule has 2 aliphatic rings. The summed E-state index contributed by atoms with van der Waals surface area (Å²) in [6.07, 6.45) is 0.200. The van der Waals surface area contributed by atoms with E-state index in [0.29, 0.717) is 32.6 Å². The molecule has 6 heteroatoms. The van der Waals surface area contributed by atoms with E-state index in [0.717, 1.165) is 16.2 Å². The van der Waals surface area contributed by atoms with E-state index in [1.807, 2.05) is 51.6 Å². The number of carbonyl (C=O) groups is 2. The van der Waals surface area contributed by atoms with Crippen LogP contribution in [0, 0.1) is 0 Å². The molecule has 124 valence electrons. The maximum atomic E-state index is 12.7. The summed E-state index contributed by atoms with van der Waals surface area (Å²) >= 11 is 1.45. The van der Waals surface area contributed by atoms with Gasteiger partial charge in [-0.3, -0.25) is 9.59 Å². The Hall–Kier alpha value is -2.34. The van der Waals surface area contributed by atoms with Crippen molar-refractivity contribution in [3.05, 3.63) is 52.2 Å². The van der Waals surface area contributed by atoms with Gasteiger partial charge in [0, 0.05) is 32.6 Å². The molecule has 0 spiro atoms. The third kappa shape index (κ3) is 2.78. The molecule has 3 heterocycles. The predicted octanol–water partition coefficient (Wildman–Crippen LogP) is 2.04. The summed E-state index contributed by atoms with van der Waals surface area (Å²) in [5.41, 5.74) is 1.09. The van der Waals surface area contributed by atoms with Crippen molar-refractivity contribution in [3.8, 4) is 5.75 Å². The molecule has 1 fully saturated rings. The Balaban J connectivity index is 1.35. The van der Waals surface area contributed by atoms with Crippen molar-refractivity contribution in [2.75, 3.05) is 26.2 Å². The van der Waals surface area contributed by atoms with Crippen molar-refractivity contribution >= 4 is 23.2 Å². The summed E-state index contributed by atoms with van der Waals surface area (Å²) in [4.78, 5) is 29.4. The molecular formula is C18H18N2O3S. The lowest BCUT2D eigenvalue weighted by Crippen LogP contribution is -2.53. The zero-order chi connectivity index (χ0) is 16.5. The van der Waals surface area contributed by atoms with E-state index in [1.165, 1.54) is 11.3 Å². The van der Waals surface area contributed by atoms with E-state index in [9.17, 15) is 9.59 Å². The highest BCUT2D eigenvalue weighted by Gasteiger charge is 2.34. The monoisotopic (exact) mass is 342 g/mol. The fraction of sp³-hybridized carbons (Fsp3) is 0.333. The molecule has 0 aliphatic carbocycles. The minimum Gasteiger partial charge on any atom is -0.480 e. The molecule has 0 saturated carbocycles. The molecule has 2 aliphatic heterocycles. The number of ether oxygens (including phenoxy) is 1. The normalized spacial score (nSPS) is 19.8. The molecule has 1 atom stereocenters. The van der Waals surface area contributed by atoms with Gasteiger partial charge in [-0.05, 0) is 23.1 Å². The van der Waals surface area contributed by atoms with Crippen LogP contribution in [0.2, 0.25) is 0 Å². The van der Waals surface area contributed by atoms with Crippen molar-refractivity contribution in [3.63, 3.8) is 0 Å². The number of thiophene rings is 1. The molecule has 1 aromatic heterocycles. The molecule has 24 heavy (non-hydrogen) atoms. The standard InChI is InChI=1S/C18H18N2O3S/c21-17(15-12-13-4-1-2-5-14(13)23-15)19-7-9-20(10-8-19)18(22)16-6-3-11-24-16/h1-6,11,15H,7-10,12H2/t15-/m0/s1. The number of piperazine rings is 1. The molecule has 5 nitrogen and oxygen atoms in total. The second-order valence-electron chi connectivity index (χ2n) is 6.01. The first-order chi connectivity index (χ1) is 11.7. The summed E-state index contributed by atoms with van der Waals surface area (Å²) in [5, 5.41) is 1.90. The van der Waals surface area contributed by atoms with Crippen molar-refractivity contribution in [2.45, 2.75) is 12.5 Å². The van der Waals surface area contributed by atoms with Gasteiger partial charge in [-0.15, -0.1) is 11.3 Å². The number of para-hydroxylation sites is 1. The molecule has 0 N–H and O–H groups in total. The van der Waals surface area contributed by atoms with E-state index in [2.05, 4.69) is 0 Å². The maximum absolute atomic E-state index is 12.7. The Morgan fingerprint density at radius 2 is 1.75 bits per heavy atom. The van der Waals surface area contributed by atoms with Crippen molar-refractivity contribution < 1.29 is 14.3 Å². The maximum Gasteiger partial charge on any atom is 0.264 e. The molecule has 4 rings (SSSR count).